The number of carbonyl (C=O) groups is 2. The van der Waals surface area contributed by atoms with Crippen LogP contribution < -0.4 is 14.9 Å². The lowest BCUT2D eigenvalue weighted by molar-refractivity contribution is -0.142. The summed E-state index contributed by atoms with van der Waals surface area (Å²) in [5, 5.41) is 3.48. The van der Waals surface area contributed by atoms with Crippen LogP contribution in [0.2, 0.25) is 0 Å². The molecule has 0 radical (unpaired) electrons. The second-order valence-corrected chi connectivity index (χ2v) is 9.70. The Balaban J connectivity index is 1.70. The van der Waals surface area contributed by atoms with Gasteiger partial charge in [0.1, 0.15) is 0 Å². The molecule has 0 spiro atoms. The standard InChI is InChI=1S/C24H31N3O5S/c1-4-23(28)27-17(3)16-21(20-8-6-7-9-22(20)27)26-18-10-12-19(13-11-18)33(30,31)25-15-14-24(29)32-5-2/h6-13,17,21,25-26H,4-5,14-16H2,1-3H3/t17-,21+/m0/s1. The molecule has 2 aromatic carbocycles. The number of amides is 1. The van der Waals surface area contributed by atoms with Crippen molar-refractivity contribution in [1.82, 2.24) is 4.72 Å². The summed E-state index contributed by atoms with van der Waals surface area (Å²) in [5.41, 5.74) is 2.73. The number of hydrogen-bond donors (Lipinski definition) is 2. The Labute approximate surface area is 195 Å². The molecule has 2 aromatic rings. The fourth-order valence-electron chi connectivity index (χ4n) is 4.04. The fourth-order valence-corrected chi connectivity index (χ4v) is 5.07. The maximum absolute atomic E-state index is 12.5. The van der Waals surface area contributed by atoms with E-state index in [1.54, 1.807) is 19.1 Å². The molecule has 33 heavy (non-hydrogen) atoms. The largest absolute Gasteiger partial charge is 0.466 e. The molecule has 2 N–H and O–H groups in total. The van der Waals surface area contributed by atoms with Crippen LogP contribution in [-0.4, -0.2) is 39.5 Å². The number of rotatable bonds is 9. The molecule has 0 unspecified atom stereocenters. The summed E-state index contributed by atoms with van der Waals surface area (Å²) < 4.78 is 32.2. The summed E-state index contributed by atoms with van der Waals surface area (Å²) in [5.74, 6) is -0.348. The van der Waals surface area contributed by atoms with E-state index in [4.69, 9.17) is 4.74 Å². The maximum Gasteiger partial charge on any atom is 0.307 e. The van der Waals surface area contributed by atoms with E-state index in [0.717, 1.165) is 23.4 Å². The summed E-state index contributed by atoms with van der Waals surface area (Å²) >= 11 is 0. The van der Waals surface area contributed by atoms with Gasteiger partial charge in [0, 0.05) is 30.4 Å². The Morgan fingerprint density at radius 3 is 2.45 bits per heavy atom. The third-order valence-electron chi connectivity index (χ3n) is 5.59. The van der Waals surface area contributed by atoms with E-state index in [0.29, 0.717) is 6.42 Å². The Bertz CT molecular complexity index is 1090. The van der Waals surface area contributed by atoms with E-state index < -0.39 is 16.0 Å². The average molecular weight is 474 g/mol. The number of benzene rings is 2. The average Bonchev–Trinajstić information content (AvgIpc) is 2.79. The Morgan fingerprint density at radius 2 is 1.79 bits per heavy atom. The van der Waals surface area contributed by atoms with Crippen LogP contribution in [0.15, 0.2) is 53.4 Å². The van der Waals surface area contributed by atoms with Crippen LogP contribution >= 0.6 is 0 Å². The molecule has 1 aliphatic rings. The van der Waals surface area contributed by atoms with Gasteiger partial charge in [-0.3, -0.25) is 9.59 Å². The Morgan fingerprint density at radius 1 is 1.09 bits per heavy atom. The van der Waals surface area contributed by atoms with Gasteiger partial charge in [0.2, 0.25) is 15.9 Å². The van der Waals surface area contributed by atoms with Crippen LogP contribution in [0, 0.1) is 0 Å². The van der Waals surface area contributed by atoms with Crippen molar-refractivity contribution in [3.05, 3.63) is 54.1 Å². The Kier molecular flexibility index (Phi) is 8.10. The van der Waals surface area contributed by atoms with Crippen LogP contribution in [0.25, 0.3) is 0 Å². The van der Waals surface area contributed by atoms with Crippen molar-refractivity contribution in [3.63, 3.8) is 0 Å². The molecule has 0 aromatic heterocycles. The van der Waals surface area contributed by atoms with Crippen LogP contribution in [-0.2, 0) is 24.3 Å². The van der Waals surface area contributed by atoms with Gasteiger partial charge in [-0.15, -0.1) is 0 Å². The van der Waals surface area contributed by atoms with Crippen LogP contribution in [0.3, 0.4) is 0 Å². The third kappa shape index (κ3) is 5.91. The highest BCUT2D eigenvalue weighted by molar-refractivity contribution is 7.89. The van der Waals surface area contributed by atoms with Crippen molar-refractivity contribution < 1.29 is 22.7 Å². The van der Waals surface area contributed by atoms with Gasteiger partial charge in [0.15, 0.2) is 0 Å². The van der Waals surface area contributed by atoms with Crippen molar-refractivity contribution in [1.29, 1.82) is 0 Å². The van der Waals surface area contributed by atoms with Crippen molar-refractivity contribution >= 4 is 33.3 Å². The number of ether oxygens (including phenoxy) is 1. The second-order valence-electron chi connectivity index (χ2n) is 7.93. The van der Waals surface area contributed by atoms with Gasteiger partial charge in [-0.1, -0.05) is 25.1 Å². The van der Waals surface area contributed by atoms with Gasteiger partial charge < -0.3 is 15.0 Å². The quantitative estimate of drug-likeness (QED) is 0.539. The minimum Gasteiger partial charge on any atom is -0.466 e. The van der Waals surface area contributed by atoms with E-state index in [1.807, 2.05) is 43.0 Å². The smallest absolute Gasteiger partial charge is 0.307 e. The van der Waals surface area contributed by atoms with Gasteiger partial charge in [-0.2, -0.15) is 0 Å². The first-order valence-corrected chi connectivity index (χ1v) is 12.7. The van der Waals surface area contributed by atoms with E-state index in [2.05, 4.69) is 10.0 Å². The predicted octanol–water partition coefficient (Wildman–Crippen LogP) is 3.61. The molecule has 2 atom stereocenters. The number of hydrogen-bond acceptors (Lipinski definition) is 6. The lowest BCUT2D eigenvalue weighted by atomic mass is 9.91. The zero-order valence-electron chi connectivity index (χ0n) is 19.2. The lowest BCUT2D eigenvalue weighted by Gasteiger charge is -2.40. The molecule has 0 bridgehead atoms. The number of esters is 1. The van der Waals surface area contributed by atoms with Gasteiger partial charge in [0.05, 0.1) is 24.0 Å². The first-order valence-electron chi connectivity index (χ1n) is 11.2. The summed E-state index contributed by atoms with van der Waals surface area (Å²) in [6.07, 6.45) is 1.16. The topological polar surface area (TPSA) is 105 Å². The highest BCUT2D eigenvalue weighted by Gasteiger charge is 2.32. The van der Waals surface area contributed by atoms with Crippen molar-refractivity contribution in [2.45, 2.75) is 57.0 Å². The molecular weight excluding hydrogens is 442 g/mol. The molecule has 0 saturated heterocycles. The summed E-state index contributed by atoms with van der Waals surface area (Å²) in [7, 11) is -3.73. The summed E-state index contributed by atoms with van der Waals surface area (Å²) in [6, 6.07) is 14.4. The molecule has 1 aliphatic heterocycles. The predicted molar refractivity (Wildman–Crippen MR) is 128 cm³/mol. The number of carbonyl (C=O) groups excluding carboxylic acids is 2. The van der Waals surface area contributed by atoms with Gasteiger partial charge in [-0.05, 0) is 56.2 Å². The first kappa shape index (κ1) is 24.7. The molecular formula is C24H31N3O5S. The first-order chi connectivity index (χ1) is 15.8. The number of nitrogens with zero attached hydrogens (tertiary/aromatic N) is 1. The Hall–Kier alpha value is -2.91. The molecule has 178 valence electrons. The van der Waals surface area contributed by atoms with E-state index in [9.17, 15) is 18.0 Å². The van der Waals surface area contributed by atoms with E-state index in [1.165, 1.54) is 12.1 Å². The van der Waals surface area contributed by atoms with Crippen LogP contribution in [0.4, 0.5) is 11.4 Å². The van der Waals surface area contributed by atoms with Crippen LogP contribution in [0.1, 0.15) is 51.6 Å². The monoisotopic (exact) mass is 473 g/mol. The molecule has 9 heteroatoms. The highest BCUT2D eigenvalue weighted by Crippen LogP contribution is 2.39. The maximum atomic E-state index is 12.5. The van der Waals surface area contributed by atoms with Gasteiger partial charge in [0.25, 0.3) is 0 Å². The second kappa shape index (κ2) is 10.8. The molecule has 0 saturated carbocycles. The molecule has 1 amide bonds. The number of fused-ring (bicyclic) bond motifs is 1. The number of para-hydroxylation sites is 1. The number of nitrogens with one attached hydrogen (secondary N) is 2. The van der Waals surface area contributed by atoms with E-state index in [-0.39, 0.29) is 42.5 Å². The lowest BCUT2D eigenvalue weighted by Crippen LogP contribution is -2.44. The summed E-state index contributed by atoms with van der Waals surface area (Å²) in [6.45, 7) is 5.84. The highest BCUT2D eigenvalue weighted by atomic mass is 32.2. The fraction of sp³-hybridized carbons (Fsp3) is 0.417. The van der Waals surface area contributed by atoms with Gasteiger partial charge >= 0.3 is 5.97 Å². The minimum atomic E-state index is -3.73. The zero-order chi connectivity index (χ0) is 24.0. The van der Waals surface area contributed by atoms with Crippen molar-refractivity contribution in [2.24, 2.45) is 0 Å². The zero-order valence-corrected chi connectivity index (χ0v) is 20.0. The molecule has 0 aliphatic carbocycles. The third-order valence-corrected chi connectivity index (χ3v) is 7.07. The van der Waals surface area contributed by atoms with E-state index >= 15 is 0 Å². The van der Waals surface area contributed by atoms with Crippen molar-refractivity contribution in [3.8, 4) is 0 Å². The van der Waals surface area contributed by atoms with Gasteiger partial charge in [-0.25, -0.2) is 13.1 Å². The SMILES string of the molecule is CCOC(=O)CCNS(=O)(=O)c1ccc(N[C@@H]2C[C@H](C)N(C(=O)CC)c3ccccc32)cc1. The molecule has 0 fully saturated rings. The normalized spacial score (nSPS) is 17.8. The number of anilines is 2. The number of sulfonamides is 1. The molecule has 3 rings (SSSR count). The molecule has 8 nitrogen and oxygen atoms in total. The van der Waals surface area contributed by atoms with Crippen molar-refractivity contribution in [2.75, 3.05) is 23.4 Å². The summed E-state index contributed by atoms with van der Waals surface area (Å²) in [4.78, 5) is 25.9. The minimum absolute atomic E-state index is 0.0118. The van der Waals surface area contributed by atoms with Crippen LogP contribution in [0.5, 0.6) is 0 Å². The molecule has 1 heterocycles.